The zero-order valence-electron chi connectivity index (χ0n) is 16.8. The molecular formula is C24H19F2N5. The summed E-state index contributed by atoms with van der Waals surface area (Å²) in [6.45, 7) is 2.07. The van der Waals surface area contributed by atoms with Crippen molar-refractivity contribution < 1.29 is 8.78 Å². The first-order valence-electron chi connectivity index (χ1n) is 10.1. The van der Waals surface area contributed by atoms with Gasteiger partial charge in [0.2, 0.25) is 0 Å². The van der Waals surface area contributed by atoms with Crippen LogP contribution in [0.15, 0.2) is 60.8 Å². The highest BCUT2D eigenvalue weighted by Gasteiger charge is 2.34. The quantitative estimate of drug-likeness (QED) is 0.457. The highest BCUT2D eigenvalue weighted by molar-refractivity contribution is 5.64. The third-order valence-electron chi connectivity index (χ3n) is 5.91. The molecule has 0 aliphatic carbocycles. The lowest BCUT2D eigenvalue weighted by Gasteiger charge is -2.30. The van der Waals surface area contributed by atoms with E-state index in [2.05, 4.69) is 22.9 Å². The molecule has 4 aromatic rings. The molecule has 154 valence electrons. The van der Waals surface area contributed by atoms with Crippen molar-refractivity contribution in [1.82, 2.24) is 14.6 Å². The minimum absolute atomic E-state index is 0.125. The molecule has 1 fully saturated rings. The minimum atomic E-state index is -0.447. The number of hydrogen-bond acceptors (Lipinski definition) is 4. The van der Waals surface area contributed by atoms with Gasteiger partial charge in [-0.2, -0.15) is 5.26 Å². The summed E-state index contributed by atoms with van der Waals surface area (Å²) < 4.78 is 30.1. The van der Waals surface area contributed by atoms with Crippen LogP contribution in [-0.2, 0) is 0 Å². The van der Waals surface area contributed by atoms with E-state index in [0.29, 0.717) is 29.0 Å². The van der Waals surface area contributed by atoms with Crippen molar-refractivity contribution in [2.75, 3.05) is 4.90 Å². The van der Waals surface area contributed by atoms with Crippen LogP contribution in [0.4, 0.5) is 14.6 Å². The number of anilines is 1. The number of nitrogens with zero attached hydrogens (tertiary/aromatic N) is 5. The van der Waals surface area contributed by atoms with Gasteiger partial charge in [-0.1, -0.05) is 12.1 Å². The van der Waals surface area contributed by atoms with E-state index in [1.54, 1.807) is 22.8 Å². The molecular weight excluding hydrogens is 396 g/mol. The number of benzene rings is 2. The Hall–Kier alpha value is -3.79. The summed E-state index contributed by atoms with van der Waals surface area (Å²) >= 11 is 0. The fraction of sp³-hybridized carbons (Fsp3) is 0.208. The summed E-state index contributed by atoms with van der Waals surface area (Å²) in [5, 5.41) is 13.8. The number of nitriles is 1. The van der Waals surface area contributed by atoms with Gasteiger partial charge in [-0.15, -0.1) is 5.10 Å². The highest BCUT2D eigenvalue weighted by atomic mass is 19.1. The molecule has 5 rings (SSSR count). The molecule has 3 heterocycles. The molecule has 1 aliphatic rings. The molecule has 0 spiro atoms. The van der Waals surface area contributed by atoms with E-state index in [9.17, 15) is 8.78 Å². The summed E-state index contributed by atoms with van der Waals surface area (Å²) in [6, 6.07) is 16.5. The zero-order chi connectivity index (χ0) is 21.5. The van der Waals surface area contributed by atoms with Crippen LogP contribution in [-0.4, -0.2) is 20.6 Å². The third-order valence-corrected chi connectivity index (χ3v) is 5.91. The average Bonchev–Trinajstić information content (AvgIpc) is 3.38. The van der Waals surface area contributed by atoms with Gasteiger partial charge < -0.3 is 4.90 Å². The molecule has 0 saturated carbocycles. The lowest BCUT2D eigenvalue weighted by atomic mass is 10.0. The second kappa shape index (κ2) is 7.47. The smallest absolute Gasteiger partial charge is 0.154 e. The van der Waals surface area contributed by atoms with E-state index in [0.717, 1.165) is 23.7 Å². The van der Waals surface area contributed by atoms with Crippen LogP contribution in [0.3, 0.4) is 0 Å². The van der Waals surface area contributed by atoms with Crippen molar-refractivity contribution in [3.8, 4) is 17.3 Å². The molecule has 1 aliphatic heterocycles. The molecule has 7 heteroatoms. The van der Waals surface area contributed by atoms with E-state index in [4.69, 9.17) is 10.4 Å². The Balaban J connectivity index is 1.59. The molecule has 2 aromatic carbocycles. The van der Waals surface area contributed by atoms with Gasteiger partial charge >= 0.3 is 0 Å². The van der Waals surface area contributed by atoms with E-state index < -0.39 is 11.6 Å². The Labute approximate surface area is 178 Å². The van der Waals surface area contributed by atoms with Gasteiger partial charge in [0, 0.05) is 17.2 Å². The molecule has 0 N–H and O–H groups in total. The van der Waals surface area contributed by atoms with Crippen molar-refractivity contribution in [3.05, 3.63) is 83.6 Å². The number of halogens is 2. The van der Waals surface area contributed by atoms with Gasteiger partial charge in [-0.05, 0) is 62.2 Å². The highest BCUT2D eigenvalue weighted by Crippen LogP contribution is 2.40. The van der Waals surface area contributed by atoms with Crippen LogP contribution < -0.4 is 4.90 Å². The van der Waals surface area contributed by atoms with Crippen LogP contribution in [0.1, 0.15) is 36.9 Å². The minimum Gasteiger partial charge on any atom is -0.345 e. The van der Waals surface area contributed by atoms with Crippen LogP contribution >= 0.6 is 0 Å². The molecule has 1 saturated heterocycles. The Morgan fingerprint density at radius 2 is 1.84 bits per heavy atom. The van der Waals surface area contributed by atoms with E-state index in [-0.39, 0.29) is 12.1 Å². The molecule has 2 atom stereocenters. The predicted octanol–water partition coefficient (Wildman–Crippen LogP) is 5.28. The summed E-state index contributed by atoms with van der Waals surface area (Å²) in [5.74, 6) is -0.177. The monoisotopic (exact) mass is 415 g/mol. The average molecular weight is 415 g/mol. The maximum Gasteiger partial charge on any atom is 0.154 e. The predicted molar refractivity (Wildman–Crippen MR) is 113 cm³/mol. The largest absolute Gasteiger partial charge is 0.345 e. The summed E-state index contributed by atoms with van der Waals surface area (Å²) in [4.78, 5) is 6.49. The first kappa shape index (κ1) is 19.2. The van der Waals surface area contributed by atoms with E-state index in [1.807, 2.05) is 24.3 Å². The van der Waals surface area contributed by atoms with Gasteiger partial charge in [-0.25, -0.2) is 18.3 Å². The van der Waals surface area contributed by atoms with E-state index in [1.165, 1.54) is 12.1 Å². The summed E-state index contributed by atoms with van der Waals surface area (Å²) in [5.41, 5.74) is 3.30. The maximum atomic E-state index is 14.5. The molecule has 0 amide bonds. The molecule has 31 heavy (non-hydrogen) atoms. The number of aromatic nitrogens is 3. The summed E-state index contributed by atoms with van der Waals surface area (Å²) in [6.07, 6.45) is 3.31. The van der Waals surface area contributed by atoms with Crippen molar-refractivity contribution in [3.63, 3.8) is 0 Å². The van der Waals surface area contributed by atoms with Crippen molar-refractivity contribution in [2.24, 2.45) is 0 Å². The van der Waals surface area contributed by atoms with Crippen LogP contribution in [0.2, 0.25) is 0 Å². The van der Waals surface area contributed by atoms with Gasteiger partial charge in [0.05, 0.1) is 29.6 Å². The van der Waals surface area contributed by atoms with Crippen LogP contribution in [0, 0.1) is 23.0 Å². The molecule has 2 aromatic heterocycles. The third kappa shape index (κ3) is 3.30. The maximum absolute atomic E-state index is 14.5. The zero-order valence-corrected chi connectivity index (χ0v) is 16.8. The Kier molecular flexibility index (Phi) is 4.63. The SMILES string of the molecule is CC1CCC(c2cc(F)ccc2F)N1c1ccc2ncc(-c3ccc(C#N)cc3)n2n1. The van der Waals surface area contributed by atoms with Gasteiger partial charge in [0.1, 0.15) is 17.5 Å². The van der Waals surface area contributed by atoms with Gasteiger partial charge in [0.25, 0.3) is 0 Å². The Morgan fingerprint density at radius 1 is 1.03 bits per heavy atom. The fourth-order valence-corrected chi connectivity index (χ4v) is 4.36. The second-order valence-electron chi connectivity index (χ2n) is 7.81. The fourth-order valence-electron chi connectivity index (χ4n) is 4.36. The number of hydrogen-bond donors (Lipinski definition) is 0. The van der Waals surface area contributed by atoms with Crippen LogP contribution in [0.25, 0.3) is 16.9 Å². The molecule has 2 unspecified atom stereocenters. The second-order valence-corrected chi connectivity index (χ2v) is 7.81. The Morgan fingerprint density at radius 3 is 2.61 bits per heavy atom. The summed E-state index contributed by atoms with van der Waals surface area (Å²) in [7, 11) is 0. The van der Waals surface area contributed by atoms with Crippen molar-refractivity contribution >= 4 is 11.5 Å². The standard InChI is InChI=1S/C24H19F2N5/c1-15-2-9-21(19-12-18(25)7-8-20(19)26)30(15)24-11-10-23-28-14-22(31(23)29-24)17-5-3-16(13-27)4-6-17/h3-8,10-12,14-15,21H,2,9H2,1H3. The van der Waals surface area contributed by atoms with E-state index >= 15 is 0 Å². The van der Waals surface area contributed by atoms with Crippen LogP contribution in [0.5, 0.6) is 0 Å². The number of imidazole rings is 1. The number of fused-ring (bicyclic) bond motifs is 1. The lowest BCUT2D eigenvalue weighted by Crippen LogP contribution is -2.31. The first-order chi connectivity index (χ1) is 15.0. The topological polar surface area (TPSA) is 57.2 Å². The molecule has 0 bridgehead atoms. The molecule has 0 radical (unpaired) electrons. The van der Waals surface area contributed by atoms with Crippen molar-refractivity contribution in [1.29, 1.82) is 5.26 Å². The van der Waals surface area contributed by atoms with Gasteiger partial charge in [0.15, 0.2) is 5.65 Å². The Bertz CT molecular complexity index is 1310. The number of rotatable bonds is 3. The normalized spacial score (nSPS) is 18.5. The van der Waals surface area contributed by atoms with Gasteiger partial charge in [-0.3, -0.25) is 0 Å². The first-order valence-corrected chi connectivity index (χ1v) is 10.1. The molecule has 5 nitrogen and oxygen atoms in total. The lowest BCUT2D eigenvalue weighted by molar-refractivity contribution is 0.555. The van der Waals surface area contributed by atoms with Crippen molar-refractivity contribution in [2.45, 2.75) is 31.8 Å².